The van der Waals surface area contributed by atoms with Crippen LogP contribution < -0.4 is 0 Å². The van der Waals surface area contributed by atoms with E-state index in [0.717, 1.165) is 68.5 Å². The minimum Gasteiger partial charge on any atom is -0.411 e. The van der Waals surface area contributed by atoms with Crippen molar-refractivity contribution in [2.24, 2.45) is 107 Å². The Morgan fingerprint density at radius 1 is 0.500 bits per heavy atom. The molecule has 10 saturated carbocycles. The molecule has 0 radical (unpaired) electrons. The second-order valence-electron chi connectivity index (χ2n) is 38.7. The quantitative estimate of drug-likeness (QED) is 0.0781. The molecule has 14 rings (SSSR count). The van der Waals surface area contributed by atoms with Gasteiger partial charge in [-0.3, -0.25) is 0 Å². The van der Waals surface area contributed by atoms with Gasteiger partial charge in [0.25, 0.3) is 0 Å². The van der Waals surface area contributed by atoms with Crippen molar-refractivity contribution in [3.05, 3.63) is 12.2 Å². The van der Waals surface area contributed by atoms with Gasteiger partial charge in [0, 0.05) is 24.0 Å². The highest BCUT2D eigenvalue weighted by molar-refractivity contribution is 6.74. The largest absolute Gasteiger partial charge is 0.411 e. The molecule has 0 amide bonds. The number of aliphatic hydroxyl groups excluding tert-OH is 2. The summed E-state index contributed by atoms with van der Waals surface area (Å²) in [5.41, 5.74) is 3.36. The lowest BCUT2D eigenvalue weighted by molar-refractivity contribution is -0.242. The fourth-order valence-electron chi connectivity index (χ4n) is 29.1. The van der Waals surface area contributed by atoms with Crippen LogP contribution in [-0.2, 0) is 37.3 Å². The van der Waals surface area contributed by atoms with E-state index in [-0.39, 0.29) is 87.6 Å². The molecule has 94 heavy (non-hydrogen) atoms. The molecule has 4 heterocycles. The van der Waals surface area contributed by atoms with Crippen molar-refractivity contribution in [3.8, 4) is 0 Å². The molecular weight excluding hydrogens is 1200 g/mol. The number of ether oxygens (including phenoxy) is 6. The van der Waals surface area contributed by atoms with Crippen LogP contribution in [0, 0.1) is 107 Å². The molecule has 28 atom stereocenters. The molecule has 0 aromatic rings. The van der Waals surface area contributed by atoms with Crippen LogP contribution in [0.2, 0.25) is 36.3 Å². The fraction of sp³-hybridized carbons (Fsp3) is 0.976. The Hall–Kier alpha value is -0.226. The minimum atomic E-state index is -1.95. The summed E-state index contributed by atoms with van der Waals surface area (Å²) >= 11 is 0. The predicted molar refractivity (Wildman–Crippen MR) is 383 cm³/mol. The van der Waals surface area contributed by atoms with Crippen molar-refractivity contribution in [3.63, 3.8) is 0 Å². The lowest BCUT2D eigenvalue weighted by Crippen LogP contribution is -2.61. The van der Waals surface area contributed by atoms with Gasteiger partial charge in [0.15, 0.2) is 29.2 Å². The van der Waals surface area contributed by atoms with Gasteiger partial charge in [-0.2, -0.15) is 0 Å². The van der Waals surface area contributed by atoms with Gasteiger partial charge in [-0.1, -0.05) is 131 Å². The maximum Gasteiger partial charge on any atom is 0.192 e. The summed E-state index contributed by atoms with van der Waals surface area (Å²) in [6.45, 7) is 52.4. The number of fused-ring (bicyclic) bond motifs is 8. The van der Waals surface area contributed by atoms with Crippen LogP contribution in [0.15, 0.2) is 12.2 Å². The summed E-state index contributed by atoms with van der Waals surface area (Å²) in [6, 6.07) is 7.02. The average molecular weight is 1340 g/mol. The molecule has 4 aliphatic heterocycles. The minimum absolute atomic E-state index is 0.000720. The third-order valence-electron chi connectivity index (χ3n) is 34.9. The van der Waals surface area contributed by atoms with Crippen LogP contribution in [0.3, 0.4) is 0 Å². The third-order valence-corrected chi connectivity index (χ3v) is 44.1. The Morgan fingerprint density at radius 3 is 1.23 bits per heavy atom. The lowest BCUT2D eigenvalue weighted by Gasteiger charge is -2.64. The molecule has 14 aliphatic rings. The zero-order valence-electron chi connectivity index (χ0n) is 63.7. The maximum absolute atomic E-state index is 11.4. The van der Waals surface area contributed by atoms with Crippen molar-refractivity contribution in [1.82, 2.24) is 0 Å². The van der Waals surface area contributed by atoms with E-state index in [0.29, 0.717) is 75.3 Å². The number of hydrogen-bond donors (Lipinski definition) is 2. The van der Waals surface area contributed by atoms with Crippen molar-refractivity contribution >= 4 is 16.6 Å². The summed E-state index contributed by atoms with van der Waals surface area (Å²) in [6.07, 6.45) is 26.8. The summed E-state index contributed by atoms with van der Waals surface area (Å²) in [4.78, 5) is 0. The highest BCUT2D eigenvalue weighted by Crippen LogP contribution is 2.92. The molecule has 4 saturated heterocycles. The SMILES string of the molecule is C=C(C)C(O)[C@H]1C[C@@H](C)[C@H]2[C@H](O1)[C@H](O[Si](CC)(CC)CC)[C@@]1(C)[C@@H]3CC[C@H]4C(C)(C)C(O[C@H]5CCCCO5)CCC45C[C@@]35CC[C@]21C.CC[Si](CC)(CC)O[C@H]1[C@H]2O[C@@H](C(O)C(C)C)C[C@@H](C)[C@@H]2[C@@]2(C)CC[C@@]34CC35CCC(O[C@H]3CCCCO3)C(C)(C)[C@@H]5CC[C@H]4[C@]12C. The zero-order chi connectivity index (χ0) is 67.6. The third kappa shape index (κ3) is 10.2. The van der Waals surface area contributed by atoms with Crippen molar-refractivity contribution in [1.29, 1.82) is 0 Å². The molecular formula is C82H142O10Si2. The molecule has 0 aromatic heterocycles. The van der Waals surface area contributed by atoms with E-state index in [1.165, 1.54) is 134 Å². The van der Waals surface area contributed by atoms with E-state index in [9.17, 15) is 10.2 Å². The number of hydrogen-bond acceptors (Lipinski definition) is 10. The van der Waals surface area contributed by atoms with E-state index < -0.39 is 28.8 Å². The van der Waals surface area contributed by atoms with Gasteiger partial charge in [-0.15, -0.1) is 0 Å². The van der Waals surface area contributed by atoms with Crippen LogP contribution in [0.1, 0.15) is 273 Å². The Balaban J connectivity index is 0.000000171. The summed E-state index contributed by atoms with van der Waals surface area (Å²) in [7, 11) is -3.89. The Morgan fingerprint density at radius 2 is 0.872 bits per heavy atom. The van der Waals surface area contributed by atoms with Crippen molar-refractivity contribution < 1.29 is 47.5 Å². The molecule has 10 aliphatic carbocycles. The van der Waals surface area contributed by atoms with Gasteiger partial charge in [0.1, 0.15) is 6.10 Å². The smallest absolute Gasteiger partial charge is 0.192 e. The first-order valence-electron chi connectivity index (χ1n) is 40.6. The van der Waals surface area contributed by atoms with Crippen molar-refractivity contribution in [2.45, 2.75) is 383 Å². The molecule has 538 valence electrons. The molecule has 12 heteroatoms. The van der Waals surface area contributed by atoms with E-state index >= 15 is 0 Å². The van der Waals surface area contributed by atoms with Crippen LogP contribution in [0.4, 0.5) is 0 Å². The molecule has 0 bridgehead atoms. The van der Waals surface area contributed by atoms with E-state index in [1.807, 2.05) is 6.92 Å². The summed E-state index contributed by atoms with van der Waals surface area (Å²) < 4.78 is 56.2. The maximum atomic E-state index is 11.4. The summed E-state index contributed by atoms with van der Waals surface area (Å²) in [5, 5.41) is 22.7. The second kappa shape index (κ2) is 25.3. The van der Waals surface area contributed by atoms with Crippen LogP contribution >= 0.6 is 0 Å². The number of rotatable bonds is 18. The van der Waals surface area contributed by atoms with Gasteiger partial charge in [-0.25, -0.2) is 0 Å². The van der Waals surface area contributed by atoms with E-state index in [2.05, 4.69) is 131 Å². The second-order valence-corrected chi connectivity index (χ2v) is 48.1. The Bertz CT molecular complexity index is 2680. The lowest BCUT2D eigenvalue weighted by atomic mass is 9.41. The first kappa shape index (κ1) is 72.1. The monoisotopic (exact) mass is 1340 g/mol. The Kier molecular flexibility index (Phi) is 19.4. The van der Waals surface area contributed by atoms with Crippen LogP contribution in [0.5, 0.6) is 0 Å². The van der Waals surface area contributed by atoms with Crippen LogP contribution in [-0.4, -0.2) is 114 Å². The molecule has 4 spiro atoms. The van der Waals surface area contributed by atoms with Gasteiger partial charge in [-0.05, 0) is 287 Å². The highest BCUT2D eigenvalue weighted by Gasteiger charge is 2.87. The molecule has 0 aromatic carbocycles. The highest BCUT2D eigenvalue weighted by atomic mass is 28.4. The fourth-order valence-corrected chi connectivity index (χ4v) is 35.0. The van der Waals surface area contributed by atoms with E-state index in [4.69, 9.17) is 37.3 Å². The van der Waals surface area contributed by atoms with Crippen molar-refractivity contribution in [2.75, 3.05) is 13.2 Å². The van der Waals surface area contributed by atoms with Gasteiger partial charge in [0.05, 0.1) is 54.9 Å². The number of aliphatic hydroxyl groups is 2. The zero-order valence-corrected chi connectivity index (χ0v) is 65.7. The van der Waals surface area contributed by atoms with E-state index in [1.54, 1.807) is 0 Å². The Labute approximate surface area is 576 Å². The normalized spacial score (nSPS) is 50.8. The van der Waals surface area contributed by atoms with Gasteiger partial charge in [0.2, 0.25) is 0 Å². The van der Waals surface area contributed by atoms with Gasteiger partial charge < -0.3 is 47.5 Å². The molecule has 2 N–H and O–H groups in total. The summed E-state index contributed by atoms with van der Waals surface area (Å²) in [5.74, 6) is 4.94. The van der Waals surface area contributed by atoms with Gasteiger partial charge >= 0.3 is 0 Å². The predicted octanol–water partition coefficient (Wildman–Crippen LogP) is 19.4. The first-order valence-corrected chi connectivity index (χ1v) is 45.7. The molecule has 6 unspecified atom stereocenters. The molecule has 14 fully saturated rings. The first-order chi connectivity index (χ1) is 44.4. The average Bonchev–Trinajstić information content (AvgIpc) is 1.45. The molecule has 10 nitrogen and oxygen atoms in total. The topological polar surface area (TPSA) is 114 Å². The van der Waals surface area contributed by atoms with Crippen LogP contribution in [0.25, 0.3) is 0 Å². The standard InChI is InChI=1S/C41H72O5Si.C41H70O5Si/c2*1-11-47(12-2,13-3)46-36-35-33(27(6)24-28(44-35)34(42)26(4)5)38(9)21-22-41-25-40(41)20-19-31(45-32-16-14-15-23-43-32)37(7,8)29(40)17-18-30(41)39(36,38)10/h26-36,42H,11-25H2,1-10H3;27-36,42H,4,11-25H2,1-3,5-10H3/t2*27-,28-,29+,30+,31?,32+,33+,34?,35+,36+,38-,39-,40?,41+/m11/s1.